The van der Waals surface area contributed by atoms with Crippen molar-refractivity contribution in [3.8, 4) is 0 Å². The number of amides is 1. The van der Waals surface area contributed by atoms with Crippen LogP contribution in [-0.2, 0) is 10.5 Å². The number of fused-ring (bicyclic) bond motifs is 3. The number of carbonyl (C=O) groups excluding carboxylic acids is 1. The lowest BCUT2D eigenvalue weighted by Gasteiger charge is -2.35. The summed E-state index contributed by atoms with van der Waals surface area (Å²) in [5.74, 6) is 0.379. The van der Waals surface area contributed by atoms with Crippen LogP contribution in [-0.4, -0.2) is 24.0 Å². The van der Waals surface area contributed by atoms with Gasteiger partial charge in [0, 0.05) is 23.6 Å². The Morgan fingerprint density at radius 1 is 1.38 bits per heavy atom. The third-order valence-electron chi connectivity index (χ3n) is 3.61. The molecule has 1 saturated heterocycles. The molecule has 16 heavy (non-hydrogen) atoms. The first-order chi connectivity index (χ1) is 7.68. The molecule has 2 heterocycles. The van der Waals surface area contributed by atoms with E-state index in [1.807, 2.05) is 29.2 Å². The molecule has 3 nitrogen and oxygen atoms in total. The highest BCUT2D eigenvalue weighted by molar-refractivity contribution is 6.00. The molecule has 2 aliphatic rings. The van der Waals surface area contributed by atoms with Crippen LogP contribution in [0.2, 0.25) is 0 Å². The molecule has 84 valence electrons. The molecule has 1 aromatic rings. The highest BCUT2D eigenvalue weighted by atomic mass is 16.5. The highest BCUT2D eigenvalue weighted by Crippen LogP contribution is 2.47. The average Bonchev–Trinajstić information content (AvgIpc) is 2.81. The summed E-state index contributed by atoms with van der Waals surface area (Å²) in [6.45, 7) is 5.55. The van der Waals surface area contributed by atoms with Crippen LogP contribution in [0.25, 0.3) is 0 Å². The topological polar surface area (TPSA) is 29.5 Å². The fourth-order valence-electron chi connectivity index (χ4n) is 2.93. The van der Waals surface area contributed by atoms with E-state index in [2.05, 4.69) is 13.8 Å². The maximum atomic E-state index is 12.2. The number of nitrogens with zero attached hydrogens (tertiary/aromatic N) is 1. The van der Waals surface area contributed by atoms with Crippen LogP contribution in [0.15, 0.2) is 24.3 Å². The maximum absolute atomic E-state index is 12.2. The SMILES string of the molecule is CC(C)C12OCCN1C(=O)c1ccccc12. The molecule has 0 N–H and O–H groups in total. The fraction of sp³-hybridized carbons (Fsp3) is 0.462. The van der Waals surface area contributed by atoms with Crippen molar-refractivity contribution in [1.82, 2.24) is 4.90 Å². The molecular formula is C13H15NO2. The van der Waals surface area contributed by atoms with Gasteiger partial charge in [-0.2, -0.15) is 0 Å². The van der Waals surface area contributed by atoms with Crippen molar-refractivity contribution >= 4 is 5.91 Å². The first-order valence-electron chi connectivity index (χ1n) is 5.73. The molecule has 1 atom stereocenters. The Morgan fingerprint density at radius 3 is 2.88 bits per heavy atom. The molecular weight excluding hydrogens is 202 g/mol. The van der Waals surface area contributed by atoms with Crippen molar-refractivity contribution in [3.05, 3.63) is 35.4 Å². The van der Waals surface area contributed by atoms with Gasteiger partial charge in [0.25, 0.3) is 5.91 Å². The van der Waals surface area contributed by atoms with Gasteiger partial charge < -0.3 is 9.64 Å². The van der Waals surface area contributed by atoms with Gasteiger partial charge in [-0.05, 0) is 6.07 Å². The molecule has 0 aromatic heterocycles. The van der Waals surface area contributed by atoms with Crippen LogP contribution in [0, 0.1) is 5.92 Å². The predicted octanol–water partition coefficient (Wildman–Crippen LogP) is 1.98. The first kappa shape index (κ1) is 9.85. The van der Waals surface area contributed by atoms with Gasteiger partial charge in [-0.25, -0.2) is 0 Å². The van der Waals surface area contributed by atoms with E-state index in [0.717, 1.165) is 11.1 Å². The Hall–Kier alpha value is -1.35. The smallest absolute Gasteiger partial charge is 0.256 e. The number of benzene rings is 1. The third kappa shape index (κ3) is 0.944. The lowest BCUT2D eigenvalue weighted by molar-refractivity contribution is -0.101. The van der Waals surface area contributed by atoms with E-state index in [-0.39, 0.29) is 11.8 Å². The lowest BCUT2D eigenvalue weighted by atomic mass is 9.91. The summed E-state index contributed by atoms with van der Waals surface area (Å²) in [4.78, 5) is 14.1. The molecule has 0 saturated carbocycles. The van der Waals surface area contributed by atoms with Crippen molar-refractivity contribution in [2.24, 2.45) is 5.92 Å². The molecule has 1 fully saturated rings. The van der Waals surface area contributed by atoms with Gasteiger partial charge in [0.15, 0.2) is 5.72 Å². The molecule has 1 aromatic carbocycles. The zero-order chi connectivity index (χ0) is 11.3. The molecule has 0 spiro atoms. The van der Waals surface area contributed by atoms with E-state index >= 15 is 0 Å². The lowest BCUT2D eigenvalue weighted by Crippen LogP contribution is -2.43. The Kier molecular flexibility index (Phi) is 1.89. The quantitative estimate of drug-likeness (QED) is 0.720. The van der Waals surface area contributed by atoms with Gasteiger partial charge in [-0.3, -0.25) is 4.79 Å². The molecule has 3 rings (SSSR count). The van der Waals surface area contributed by atoms with E-state index in [9.17, 15) is 4.79 Å². The van der Waals surface area contributed by atoms with Gasteiger partial charge in [0.05, 0.1) is 6.61 Å². The molecule has 1 unspecified atom stereocenters. The third-order valence-corrected chi connectivity index (χ3v) is 3.61. The normalized spacial score (nSPS) is 27.4. The van der Waals surface area contributed by atoms with Gasteiger partial charge in [-0.1, -0.05) is 32.0 Å². The molecule has 0 bridgehead atoms. The van der Waals surface area contributed by atoms with Crippen LogP contribution in [0.5, 0.6) is 0 Å². The second-order valence-electron chi connectivity index (χ2n) is 4.70. The zero-order valence-electron chi connectivity index (χ0n) is 9.56. The van der Waals surface area contributed by atoms with E-state index in [1.165, 1.54) is 0 Å². The Balaban J connectivity index is 2.26. The minimum Gasteiger partial charge on any atom is -0.349 e. The summed E-state index contributed by atoms with van der Waals surface area (Å²) in [5, 5.41) is 0. The summed E-state index contributed by atoms with van der Waals surface area (Å²) in [6, 6.07) is 7.79. The second kappa shape index (κ2) is 3.08. The van der Waals surface area contributed by atoms with Crippen LogP contribution in [0.3, 0.4) is 0 Å². The van der Waals surface area contributed by atoms with Crippen molar-refractivity contribution in [1.29, 1.82) is 0 Å². The number of hydrogen-bond acceptors (Lipinski definition) is 2. The number of carbonyl (C=O) groups is 1. The molecule has 1 amide bonds. The number of ether oxygens (including phenoxy) is 1. The molecule has 2 aliphatic heterocycles. The minimum atomic E-state index is -0.506. The van der Waals surface area contributed by atoms with Gasteiger partial charge >= 0.3 is 0 Å². The van der Waals surface area contributed by atoms with E-state index in [1.54, 1.807) is 0 Å². The maximum Gasteiger partial charge on any atom is 0.256 e. The average molecular weight is 217 g/mol. The second-order valence-corrected chi connectivity index (χ2v) is 4.70. The molecule has 3 heteroatoms. The fourth-order valence-corrected chi connectivity index (χ4v) is 2.93. The summed E-state index contributed by atoms with van der Waals surface area (Å²) in [7, 11) is 0. The van der Waals surface area contributed by atoms with Crippen molar-refractivity contribution in [2.75, 3.05) is 13.2 Å². The van der Waals surface area contributed by atoms with Crippen LogP contribution < -0.4 is 0 Å². The van der Waals surface area contributed by atoms with E-state index in [4.69, 9.17) is 4.74 Å². The first-order valence-corrected chi connectivity index (χ1v) is 5.73. The summed E-state index contributed by atoms with van der Waals surface area (Å²) in [6.07, 6.45) is 0. The van der Waals surface area contributed by atoms with E-state index in [0.29, 0.717) is 13.2 Å². The van der Waals surface area contributed by atoms with Gasteiger partial charge in [0.1, 0.15) is 0 Å². The Labute approximate surface area is 95.0 Å². The largest absolute Gasteiger partial charge is 0.349 e. The Morgan fingerprint density at radius 2 is 2.12 bits per heavy atom. The summed E-state index contributed by atoms with van der Waals surface area (Å²) < 4.78 is 5.93. The van der Waals surface area contributed by atoms with Crippen molar-refractivity contribution in [3.63, 3.8) is 0 Å². The van der Waals surface area contributed by atoms with Crippen LogP contribution in [0.4, 0.5) is 0 Å². The monoisotopic (exact) mass is 217 g/mol. The number of rotatable bonds is 1. The predicted molar refractivity (Wildman–Crippen MR) is 59.9 cm³/mol. The summed E-state index contributed by atoms with van der Waals surface area (Å²) in [5.41, 5.74) is 1.33. The Bertz CT molecular complexity index is 455. The molecule has 0 aliphatic carbocycles. The zero-order valence-corrected chi connectivity index (χ0v) is 9.56. The minimum absolute atomic E-state index is 0.113. The van der Waals surface area contributed by atoms with Crippen molar-refractivity contribution in [2.45, 2.75) is 19.6 Å². The van der Waals surface area contributed by atoms with E-state index < -0.39 is 5.72 Å². The molecule has 0 radical (unpaired) electrons. The van der Waals surface area contributed by atoms with Gasteiger partial charge in [0.2, 0.25) is 0 Å². The summed E-state index contributed by atoms with van der Waals surface area (Å²) >= 11 is 0. The highest BCUT2D eigenvalue weighted by Gasteiger charge is 2.55. The number of hydrogen-bond donors (Lipinski definition) is 0. The van der Waals surface area contributed by atoms with Crippen molar-refractivity contribution < 1.29 is 9.53 Å². The van der Waals surface area contributed by atoms with Crippen LogP contribution in [0.1, 0.15) is 29.8 Å². The van der Waals surface area contributed by atoms with Crippen LogP contribution >= 0.6 is 0 Å². The van der Waals surface area contributed by atoms with Gasteiger partial charge in [-0.15, -0.1) is 0 Å². The standard InChI is InChI=1S/C13H15NO2/c1-9(2)13-11-6-4-3-5-10(11)12(15)14(13)7-8-16-13/h3-6,9H,7-8H2,1-2H3.